The predicted molar refractivity (Wildman–Crippen MR) is 101 cm³/mol. The molecule has 0 unspecified atom stereocenters. The van der Waals surface area contributed by atoms with E-state index in [0.29, 0.717) is 47.6 Å². The topological polar surface area (TPSA) is 53.5 Å². The van der Waals surface area contributed by atoms with Crippen LogP contribution in [0.2, 0.25) is 0 Å². The monoisotopic (exact) mass is 369 g/mol. The number of halogens is 1. The number of piperidine rings is 1. The Labute approximate surface area is 158 Å². The lowest BCUT2D eigenvalue weighted by molar-refractivity contribution is -0.128. The summed E-state index contributed by atoms with van der Waals surface area (Å²) in [5.74, 6) is 0.352. The summed E-state index contributed by atoms with van der Waals surface area (Å²) in [5.41, 5.74) is 1.81. The molecular weight excluding hydrogens is 345 g/mol. The van der Waals surface area contributed by atoms with Crippen LogP contribution < -0.4 is 0 Å². The van der Waals surface area contributed by atoms with Crippen LogP contribution >= 0.6 is 0 Å². The normalized spacial score (nSPS) is 18.5. The maximum atomic E-state index is 13.5. The smallest absolute Gasteiger partial charge is 0.254 e. The lowest BCUT2D eigenvalue weighted by atomic mass is 9.95. The van der Waals surface area contributed by atoms with Gasteiger partial charge >= 0.3 is 0 Å². The Kier molecular flexibility index (Phi) is 4.81. The van der Waals surface area contributed by atoms with Crippen LogP contribution in [-0.2, 0) is 4.79 Å². The van der Waals surface area contributed by atoms with Gasteiger partial charge in [-0.2, -0.15) is 0 Å². The molecule has 2 aromatic rings. The van der Waals surface area contributed by atoms with Gasteiger partial charge in [-0.15, -0.1) is 0 Å². The minimum Gasteiger partial charge on any atom is -0.342 e. The van der Waals surface area contributed by atoms with E-state index >= 15 is 0 Å². The summed E-state index contributed by atoms with van der Waals surface area (Å²) in [4.78, 5) is 33.1. The standard InChI is InChI=1S/C21H24FN3O2/c1-14-11-18(17-5-4-16(22)12-19(17)23-14)21(27)24-9-6-15(7-10-24)13-25-8-2-3-20(25)26/h4-5,11-12,15H,2-3,6-10,13H2,1H3. The van der Waals surface area contributed by atoms with E-state index in [4.69, 9.17) is 0 Å². The van der Waals surface area contributed by atoms with E-state index in [1.807, 2.05) is 16.7 Å². The molecule has 0 bridgehead atoms. The molecule has 1 aromatic carbocycles. The molecule has 0 aliphatic carbocycles. The highest BCUT2D eigenvalue weighted by molar-refractivity contribution is 6.06. The third-order valence-corrected chi connectivity index (χ3v) is 5.68. The molecule has 6 heteroatoms. The van der Waals surface area contributed by atoms with Crippen molar-refractivity contribution in [1.29, 1.82) is 0 Å². The molecule has 0 spiro atoms. The minimum absolute atomic E-state index is 0.0205. The van der Waals surface area contributed by atoms with Crippen molar-refractivity contribution in [3.8, 4) is 0 Å². The van der Waals surface area contributed by atoms with Crippen LogP contribution in [0.5, 0.6) is 0 Å². The lowest BCUT2D eigenvalue weighted by Crippen LogP contribution is -2.42. The molecule has 4 rings (SSSR count). The van der Waals surface area contributed by atoms with Gasteiger partial charge in [-0.3, -0.25) is 14.6 Å². The molecule has 2 fully saturated rings. The largest absolute Gasteiger partial charge is 0.342 e. The first-order valence-electron chi connectivity index (χ1n) is 9.65. The Bertz CT molecular complexity index is 885. The van der Waals surface area contributed by atoms with E-state index in [1.54, 1.807) is 12.1 Å². The number of aromatic nitrogens is 1. The number of benzene rings is 1. The number of rotatable bonds is 3. The number of aryl methyl sites for hydroxylation is 1. The zero-order chi connectivity index (χ0) is 19.0. The maximum absolute atomic E-state index is 13.5. The van der Waals surface area contributed by atoms with Crippen LogP contribution in [0.1, 0.15) is 41.7 Å². The summed E-state index contributed by atoms with van der Waals surface area (Å²) in [6.45, 7) is 4.89. The van der Waals surface area contributed by atoms with Crippen LogP contribution in [0.15, 0.2) is 24.3 Å². The lowest BCUT2D eigenvalue weighted by Gasteiger charge is -2.34. The number of fused-ring (bicyclic) bond motifs is 1. The van der Waals surface area contributed by atoms with Crippen molar-refractivity contribution in [2.24, 2.45) is 5.92 Å². The van der Waals surface area contributed by atoms with Crippen molar-refractivity contribution in [2.45, 2.75) is 32.6 Å². The van der Waals surface area contributed by atoms with Gasteiger partial charge in [0.05, 0.1) is 11.1 Å². The van der Waals surface area contributed by atoms with Gasteiger partial charge in [0, 0.05) is 49.7 Å². The Hall–Kier alpha value is -2.50. The van der Waals surface area contributed by atoms with Crippen molar-refractivity contribution in [1.82, 2.24) is 14.8 Å². The van der Waals surface area contributed by atoms with Gasteiger partial charge in [-0.1, -0.05) is 0 Å². The fraction of sp³-hybridized carbons (Fsp3) is 0.476. The zero-order valence-electron chi connectivity index (χ0n) is 15.6. The van der Waals surface area contributed by atoms with Crippen LogP contribution in [0, 0.1) is 18.7 Å². The number of hydrogen-bond donors (Lipinski definition) is 0. The number of amides is 2. The molecule has 142 valence electrons. The average molecular weight is 369 g/mol. The molecule has 1 aromatic heterocycles. The van der Waals surface area contributed by atoms with Crippen molar-refractivity contribution in [3.05, 3.63) is 41.3 Å². The number of carbonyl (C=O) groups excluding carboxylic acids is 2. The quantitative estimate of drug-likeness (QED) is 0.835. The average Bonchev–Trinajstić information content (AvgIpc) is 3.05. The summed E-state index contributed by atoms with van der Waals surface area (Å²) in [7, 11) is 0. The van der Waals surface area contributed by atoms with E-state index in [0.717, 1.165) is 32.4 Å². The van der Waals surface area contributed by atoms with E-state index in [9.17, 15) is 14.0 Å². The van der Waals surface area contributed by atoms with Gasteiger partial charge in [-0.25, -0.2) is 4.39 Å². The summed E-state index contributed by atoms with van der Waals surface area (Å²) in [6.07, 6.45) is 3.45. The fourth-order valence-electron chi connectivity index (χ4n) is 4.21. The number of pyridine rings is 1. The molecule has 0 saturated carbocycles. The minimum atomic E-state index is -0.351. The van der Waals surface area contributed by atoms with Crippen LogP contribution in [-0.4, -0.2) is 52.8 Å². The summed E-state index contributed by atoms with van der Waals surface area (Å²) < 4.78 is 13.5. The molecule has 3 heterocycles. The second kappa shape index (κ2) is 7.25. The van der Waals surface area contributed by atoms with Crippen molar-refractivity contribution in [2.75, 3.05) is 26.2 Å². The van der Waals surface area contributed by atoms with E-state index in [1.165, 1.54) is 12.1 Å². The maximum Gasteiger partial charge on any atom is 0.254 e. The van der Waals surface area contributed by atoms with Crippen molar-refractivity contribution >= 4 is 22.7 Å². The highest BCUT2D eigenvalue weighted by Gasteiger charge is 2.28. The summed E-state index contributed by atoms with van der Waals surface area (Å²) >= 11 is 0. The Morgan fingerprint density at radius 3 is 2.70 bits per heavy atom. The van der Waals surface area contributed by atoms with Crippen LogP contribution in [0.25, 0.3) is 10.9 Å². The zero-order valence-corrected chi connectivity index (χ0v) is 15.6. The molecule has 2 saturated heterocycles. The van der Waals surface area contributed by atoms with Crippen molar-refractivity contribution < 1.29 is 14.0 Å². The fourth-order valence-corrected chi connectivity index (χ4v) is 4.21. The second-order valence-electron chi connectivity index (χ2n) is 7.65. The number of nitrogens with zero attached hydrogens (tertiary/aromatic N) is 3. The molecule has 2 aliphatic rings. The summed E-state index contributed by atoms with van der Waals surface area (Å²) in [5, 5.41) is 0.691. The third-order valence-electron chi connectivity index (χ3n) is 5.68. The molecule has 0 atom stereocenters. The highest BCUT2D eigenvalue weighted by Crippen LogP contribution is 2.25. The Morgan fingerprint density at radius 2 is 2.00 bits per heavy atom. The number of hydrogen-bond acceptors (Lipinski definition) is 3. The highest BCUT2D eigenvalue weighted by atomic mass is 19.1. The van der Waals surface area contributed by atoms with Gasteiger partial charge in [0.25, 0.3) is 5.91 Å². The van der Waals surface area contributed by atoms with Gasteiger partial charge in [-0.05, 0) is 50.3 Å². The van der Waals surface area contributed by atoms with Gasteiger partial charge < -0.3 is 9.80 Å². The van der Waals surface area contributed by atoms with Crippen LogP contribution in [0.3, 0.4) is 0 Å². The van der Waals surface area contributed by atoms with E-state index < -0.39 is 0 Å². The van der Waals surface area contributed by atoms with Crippen LogP contribution in [0.4, 0.5) is 4.39 Å². The number of likely N-dealkylation sites (tertiary alicyclic amines) is 2. The first-order chi connectivity index (χ1) is 13.0. The van der Waals surface area contributed by atoms with E-state index in [2.05, 4.69) is 4.98 Å². The molecule has 0 radical (unpaired) electrons. The van der Waals surface area contributed by atoms with E-state index in [-0.39, 0.29) is 17.6 Å². The molecule has 2 amide bonds. The van der Waals surface area contributed by atoms with Gasteiger partial charge in [0.1, 0.15) is 5.82 Å². The Morgan fingerprint density at radius 1 is 1.22 bits per heavy atom. The number of carbonyl (C=O) groups is 2. The van der Waals surface area contributed by atoms with Crippen molar-refractivity contribution in [3.63, 3.8) is 0 Å². The first-order valence-corrected chi connectivity index (χ1v) is 9.65. The van der Waals surface area contributed by atoms with Gasteiger partial charge in [0.15, 0.2) is 0 Å². The molecule has 27 heavy (non-hydrogen) atoms. The second-order valence-corrected chi connectivity index (χ2v) is 7.65. The molecular formula is C21H24FN3O2. The molecule has 2 aliphatic heterocycles. The Balaban J connectivity index is 1.47. The SMILES string of the molecule is Cc1cc(C(=O)N2CCC(CN3CCCC3=O)CC2)c2ccc(F)cc2n1. The first kappa shape index (κ1) is 17.9. The molecule has 5 nitrogen and oxygen atoms in total. The van der Waals surface area contributed by atoms with Gasteiger partial charge in [0.2, 0.25) is 5.91 Å². The molecule has 0 N–H and O–H groups in total. The third kappa shape index (κ3) is 3.66. The predicted octanol–water partition coefficient (Wildman–Crippen LogP) is 3.16. The summed E-state index contributed by atoms with van der Waals surface area (Å²) in [6, 6.07) is 6.17.